The highest BCUT2D eigenvalue weighted by Gasteiger charge is 2.27. The summed E-state index contributed by atoms with van der Waals surface area (Å²) >= 11 is 0. The lowest BCUT2D eigenvalue weighted by molar-refractivity contribution is 0.174. The van der Waals surface area contributed by atoms with Gasteiger partial charge in [-0.15, -0.1) is 12.4 Å². The van der Waals surface area contributed by atoms with Crippen molar-refractivity contribution in [1.29, 1.82) is 0 Å². The lowest BCUT2D eigenvalue weighted by Crippen LogP contribution is -2.49. The maximum absolute atomic E-state index is 12.5. The van der Waals surface area contributed by atoms with Gasteiger partial charge >= 0.3 is 0 Å². The van der Waals surface area contributed by atoms with Gasteiger partial charge in [-0.3, -0.25) is 0 Å². The van der Waals surface area contributed by atoms with Crippen molar-refractivity contribution < 1.29 is 17.9 Å². The standard InChI is InChI=1S/C14H22N2O4S.ClH/c1-4-14(15,5-2)8-16-21(17,18)13-7-12-11(6-10(13)3)19-9-20-12;/h6-7,16H,4-5,8-9,15H2,1-3H3;1H. The lowest BCUT2D eigenvalue weighted by Gasteiger charge is -2.26. The van der Waals surface area contributed by atoms with E-state index in [1.165, 1.54) is 6.07 Å². The minimum atomic E-state index is -3.63. The number of rotatable bonds is 6. The van der Waals surface area contributed by atoms with E-state index in [1.54, 1.807) is 13.0 Å². The number of fused-ring (bicyclic) bond motifs is 1. The number of hydrogen-bond acceptors (Lipinski definition) is 5. The van der Waals surface area contributed by atoms with Gasteiger partial charge < -0.3 is 15.2 Å². The largest absolute Gasteiger partial charge is 0.454 e. The Morgan fingerprint density at radius 2 is 1.77 bits per heavy atom. The van der Waals surface area contributed by atoms with Crippen molar-refractivity contribution in [1.82, 2.24) is 4.72 Å². The quantitative estimate of drug-likeness (QED) is 0.818. The molecule has 0 aromatic heterocycles. The molecule has 6 nitrogen and oxygen atoms in total. The Morgan fingerprint density at radius 3 is 2.32 bits per heavy atom. The molecule has 1 aromatic rings. The molecule has 0 radical (unpaired) electrons. The van der Waals surface area contributed by atoms with E-state index in [4.69, 9.17) is 15.2 Å². The molecule has 0 atom stereocenters. The zero-order valence-corrected chi connectivity index (χ0v) is 14.6. The fourth-order valence-corrected chi connectivity index (χ4v) is 3.51. The minimum Gasteiger partial charge on any atom is -0.454 e. The van der Waals surface area contributed by atoms with Crippen LogP contribution in [0.4, 0.5) is 0 Å². The molecule has 0 aliphatic carbocycles. The predicted octanol–water partition coefficient (Wildman–Crippen LogP) is 1.94. The van der Waals surface area contributed by atoms with E-state index in [2.05, 4.69) is 4.72 Å². The van der Waals surface area contributed by atoms with Gasteiger partial charge in [-0.1, -0.05) is 13.8 Å². The molecule has 8 heteroatoms. The van der Waals surface area contributed by atoms with Crippen molar-refractivity contribution in [2.75, 3.05) is 13.3 Å². The predicted molar refractivity (Wildman–Crippen MR) is 87.2 cm³/mol. The third-order valence-electron chi connectivity index (χ3n) is 3.98. The number of aryl methyl sites for hydroxylation is 1. The van der Waals surface area contributed by atoms with Crippen molar-refractivity contribution >= 4 is 22.4 Å². The molecular formula is C14H23ClN2O4S. The van der Waals surface area contributed by atoms with Gasteiger partial charge in [-0.25, -0.2) is 13.1 Å². The van der Waals surface area contributed by atoms with E-state index in [0.717, 1.165) is 0 Å². The fraction of sp³-hybridized carbons (Fsp3) is 0.571. The summed E-state index contributed by atoms with van der Waals surface area (Å²) < 4.78 is 38.0. The van der Waals surface area contributed by atoms with Gasteiger partial charge in [0.25, 0.3) is 0 Å². The number of halogens is 1. The monoisotopic (exact) mass is 350 g/mol. The molecule has 0 saturated carbocycles. The van der Waals surface area contributed by atoms with Gasteiger partial charge in [-0.2, -0.15) is 0 Å². The first kappa shape index (κ1) is 19.0. The smallest absolute Gasteiger partial charge is 0.241 e. The normalized spacial score (nSPS) is 13.8. The first-order valence-corrected chi connectivity index (χ1v) is 8.48. The molecular weight excluding hydrogens is 328 g/mol. The molecule has 3 N–H and O–H groups in total. The van der Waals surface area contributed by atoms with Crippen LogP contribution in [0.1, 0.15) is 32.3 Å². The van der Waals surface area contributed by atoms with Crippen molar-refractivity contribution in [2.45, 2.75) is 44.0 Å². The summed E-state index contributed by atoms with van der Waals surface area (Å²) in [5.41, 5.74) is 6.22. The summed E-state index contributed by atoms with van der Waals surface area (Å²) in [5.74, 6) is 1.02. The Balaban J connectivity index is 0.00000242. The molecule has 0 bridgehead atoms. The number of benzene rings is 1. The van der Waals surface area contributed by atoms with Crippen LogP contribution >= 0.6 is 12.4 Å². The lowest BCUT2D eigenvalue weighted by atomic mass is 9.95. The van der Waals surface area contributed by atoms with Gasteiger partial charge in [0.05, 0.1) is 4.90 Å². The summed E-state index contributed by atoms with van der Waals surface area (Å²) in [7, 11) is -3.63. The topological polar surface area (TPSA) is 90.7 Å². The maximum Gasteiger partial charge on any atom is 0.241 e. The average Bonchev–Trinajstić information content (AvgIpc) is 2.91. The highest BCUT2D eigenvalue weighted by atomic mass is 35.5. The molecule has 126 valence electrons. The van der Waals surface area contributed by atoms with Crippen LogP contribution in [0.3, 0.4) is 0 Å². The van der Waals surface area contributed by atoms with E-state index in [9.17, 15) is 8.42 Å². The first-order chi connectivity index (χ1) is 9.81. The molecule has 2 rings (SSSR count). The second-order valence-electron chi connectivity index (χ2n) is 5.36. The average molecular weight is 351 g/mol. The second-order valence-corrected chi connectivity index (χ2v) is 7.10. The second kappa shape index (κ2) is 7.04. The van der Waals surface area contributed by atoms with Crippen LogP contribution in [0.2, 0.25) is 0 Å². The number of sulfonamides is 1. The van der Waals surface area contributed by atoms with E-state index < -0.39 is 15.6 Å². The summed E-state index contributed by atoms with van der Waals surface area (Å²) in [6.45, 7) is 5.94. The summed E-state index contributed by atoms with van der Waals surface area (Å²) in [5, 5.41) is 0. The van der Waals surface area contributed by atoms with Gasteiger partial charge in [-0.05, 0) is 31.4 Å². The highest BCUT2D eigenvalue weighted by Crippen LogP contribution is 2.36. The van der Waals surface area contributed by atoms with Gasteiger partial charge in [0, 0.05) is 18.2 Å². The molecule has 0 spiro atoms. The van der Waals surface area contributed by atoms with Gasteiger partial charge in [0.15, 0.2) is 11.5 Å². The van der Waals surface area contributed by atoms with E-state index in [1.807, 2.05) is 13.8 Å². The fourth-order valence-electron chi connectivity index (χ4n) is 2.13. The Kier molecular flexibility index (Phi) is 6.09. The number of ether oxygens (including phenoxy) is 2. The van der Waals surface area contributed by atoms with Crippen LogP contribution in [0.5, 0.6) is 11.5 Å². The van der Waals surface area contributed by atoms with Crippen LogP contribution < -0.4 is 19.9 Å². The summed E-state index contributed by atoms with van der Waals surface area (Å²) in [4.78, 5) is 0.196. The molecule has 1 aromatic carbocycles. The molecule has 1 aliphatic rings. The van der Waals surface area contributed by atoms with E-state index >= 15 is 0 Å². The van der Waals surface area contributed by atoms with Crippen LogP contribution in [-0.4, -0.2) is 27.3 Å². The van der Waals surface area contributed by atoms with Crippen LogP contribution in [0.15, 0.2) is 17.0 Å². The van der Waals surface area contributed by atoms with Crippen molar-refractivity contribution in [3.63, 3.8) is 0 Å². The van der Waals surface area contributed by atoms with Crippen molar-refractivity contribution in [3.05, 3.63) is 17.7 Å². The maximum atomic E-state index is 12.5. The first-order valence-electron chi connectivity index (χ1n) is 7.00. The highest BCUT2D eigenvalue weighted by molar-refractivity contribution is 7.89. The van der Waals surface area contributed by atoms with Crippen LogP contribution in [0.25, 0.3) is 0 Å². The molecule has 0 amide bonds. The zero-order chi connectivity index (χ0) is 15.7. The molecule has 22 heavy (non-hydrogen) atoms. The Bertz CT molecular complexity index is 630. The summed E-state index contributed by atoms with van der Waals surface area (Å²) in [6, 6.07) is 3.17. The summed E-state index contributed by atoms with van der Waals surface area (Å²) in [6.07, 6.45) is 1.40. The third kappa shape index (κ3) is 3.84. The third-order valence-corrected chi connectivity index (χ3v) is 5.53. The molecule has 0 saturated heterocycles. The SMILES string of the molecule is CCC(N)(CC)CNS(=O)(=O)c1cc2c(cc1C)OCO2.Cl. The van der Waals surface area contributed by atoms with Crippen LogP contribution in [0, 0.1) is 6.92 Å². The molecule has 1 aliphatic heterocycles. The molecule has 0 unspecified atom stereocenters. The number of nitrogens with one attached hydrogen (secondary N) is 1. The Hall–Kier alpha value is -1.02. The van der Waals surface area contributed by atoms with E-state index in [0.29, 0.717) is 29.9 Å². The Morgan fingerprint density at radius 1 is 1.23 bits per heavy atom. The number of nitrogens with two attached hydrogens (primary N) is 1. The molecule has 1 heterocycles. The van der Waals surface area contributed by atoms with Crippen LogP contribution in [-0.2, 0) is 10.0 Å². The minimum absolute atomic E-state index is 0. The van der Waals surface area contributed by atoms with Gasteiger partial charge in [0.1, 0.15) is 0 Å². The van der Waals surface area contributed by atoms with Gasteiger partial charge in [0.2, 0.25) is 16.8 Å². The van der Waals surface area contributed by atoms with E-state index in [-0.39, 0.29) is 30.6 Å². The Labute approximate surface area is 137 Å². The number of hydrogen-bond donors (Lipinski definition) is 2. The van der Waals surface area contributed by atoms with Crippen molar-refractivity contribution in [3.8, 4) is 11.5 Å². The van der Waals surface area contributed by atoms with Crippen molar-refractivity contribution in [2.24, 2.45) is 5.73 Å². The zero-order valence-electron chi connectivity index (χ0n) is 13.0. The molecule has 0 fully saturated rings.